The predicted molar refractivity (Wildman–Crippen MR) is 87.8 cm³/mol. The molecule has 20 heavy (non-hydrogen) atoms. The van der Waals surface area contributed by atoms with E-state index in [-0.39, 0.29) is 6.10 Å². The lowest BCUT2D eigenvalue weighted by Gasteiger charge is -2.27. The molecule has 0 bridgehead atoms. The topological polar surface area (TPSA) is 21.3 Å². The summed E-state index contributed by atoms with van der Waals surface area (Å²) in [7, 11) is 0. The van der Waals surface area contributed by atoms with Crippen LogP contribution in [0.2, 0.25) is 0 Å². The maximum atomic E-state index is 6.18. The van der Waals surface area contributed by atoms with Gasteiger partial charge in [-0.1, -0.05) is 24.3 Å². The van der Waals surface area contributed by atoms with Crippen LogP contribution in [0.3, 0.4) is 0 Å². The van der Waals surface area contributed by atoms with Gasteiger partial charge in [0.2, 0.25) is 0 Å². The van der Waals surface area contributed by atoms with Gasteiger partial charge in [-0.25, -0.2) is 0 Å². The van der Waals surface area contributed by atoms with Gasteiger partial charge in [-0.05, 0) is 45.6 Å². The molecule has 0 fully saturated rings. The van der Waals surface area contributed by atoms with Crippen LogP contribution in [-0.2, 0) is 0 Å². The van der Waals surface area contributed by atoms with Crippen molar-refractivity contribution in [3.8, 4) is 5.75 Å². The van der Waals surface area contributed by atoms with Crippen molar-refractivity contribution in [3.05, 3.63) is 57.9 Å². The highest BCUT2D eigenvalue weighted by Gasteiger charge is 2.24. The average Bonchev–Trinajstić information content (AvgIpc) is 2.91. The van der Waals surface area contributed by atoms with Crippen LogP contribution in [0.15, 0.2) is 53.0 Å². The maximum absolute atomic E-state index is 6.18. The molecule has 100 valence electrons. The number of ether oxygens (including phenoxy) is 1. The number of fused-ring (bicyclic) bond motifs is 2. The van der Waals surface area contributed by atoms with E-state index in [2.05, 4.69) is 51.6 Å². The van der Waals surface area contributed by atoms with Crippen LogP contribution in [0.5, 0.6) is 5.75 Å². The summed E-state index contributed by atoms with van der Waals surface area (Å²) in [5.74, 6) is 0.904. The molecule has 1 aliphatic heterocycles. The number of hydrogen-bond donors (Lipinski definition) is 1. The van der Waals surface area contributed by atoms with Crippen molar-refractivity contribution >= 4 is 43.0 Å². The lowest BCUT2D eigenvalue weighted by Crippen LogP contribution is -2.22. The van der Waals surface area contributed by atoms with E-state index >= 15 is 0 Å². The van der Waals surface area contributed by atoms with Gasteiger partial charge in [0.15, 0.2) is 11.9 Å². The number of halogens is 1. The molecule has 4 heteroatoms. The standard InChI is InChI=1S/C16H12BrNOS/c17-11-5-3-6-12-16(11)19-13(9-18-12)15-8-10-4-1-2-7-14(10)20-15/h1-8,13,18H,9H2. The summed E-state index contributed by atoms with van der Waals surface area (Å²) < 4.78 is 8.48. The van der Waals surface area contributed by atoms with Crippen molar-refractivity contribution < 1.29 is 4.74 Å². The summed E-state index contributed by atoms with van der Waals surface area (Å²) in [5, 5.41) is 4.73. The van der Waals surface area contributed by atoms with Gasteiger partial charge in [0.05, 0.1) is 16.7 Å². The first-order chi connectivity index (χ1) is 9.81. The van der Waals surface area contributed by atoms with Crippen molar-refractivity contribution in [2.24, 2.45) is 0 Å². The summed E-state index contributed by atoms with van der Waals surface area (Å²) >= 11 is 5.36. The summed E-state index contributed by atoms with van der Waals surface area (Å²) in [4.78, 5) is 1.26. The molecule has 0 aliphatic carbocycles. The molecule has 1 N–H and O–H groups in total. The van der Waals surface area contributed by atoms with E-state index in [1.807, 2.05) is 18.2 Å². The predicted octanol–water partition coefficient (Wildman–Crippen LogP) is 5.21. The van der Waals surface area contributed by atoms with Crippen LogP contribution in [-0.4, -0.2) is 6.54 Å². The normalized spacial score (nSPS) is 17.4. The van der Waals surface area contributed by atoms with Crippen LogP contribution in [0.1, 0.15) is 11.0 Å². The minimum atomic E-state index is 0.0681. The van der Waals surface area contributed by atoms with E-state index in [0.29, 0.717) is 0 Å². The molecule has 1 aromatic heterocycles. The highest BCUT2D eigenvalue weighted by molar-refractivity contribution is 9.10. The Balaban J connectivity index is 1.72. The van der Waals surface area contributed by atoms with E-state index in [0.717, 1.165) is 22.5 Å². The lowest BCUT2D eigenvalue weighted by atomic mass is 10.2. The highest BCUT2D eigenvalue weighted by Crippen LogP contribution is 2.41. The van der Waals surface area contributed by atoms with Gasteiger partial charge < -0.3 is 10.1 Å². The lowest BCUT2D eigenvalue weighted by molar-refractivity contribution is 0.213. The van der Waals surface area contributed by atoms with E-state index in [9.17, 15) is 0 Å². The van der Waals surface area contributed by atoms with E-state index in [1.54, 1.807) is 11.3 Å². The Kier molecular flexibility index (Phi) is 2.93. The number of hydrogen-bond acceptors (Lipinski definition) is 3. The minimum absolute atomic E-state index is 0.0681. The molecule has 0 amide bonds. The van der Waals surface area contributed by atoms with E-state index in [1.165, 1.54) is 15.0 Å². The van der Waals surface area contributed by atoms with Gasteiger partial charge in [0.25, 0.3) is 0 Å². The van der Waals surface area contributed by atoms with Crippen LogP contribution in [0.25, 0.3) is 10.1 Å². The molecule has 0 radical (unpaired) electrons. The molecule has 0 spiro atoms. The molecule has 1 aliphatic rings. The third-order valence-electron chi connectivity index (χ3n) is 3.47. The largest absolute Gasteiger partial charge is 0.480 e. The summed E-state index contributed by atoms with van der Waals surface area (Å²) in [6, 6.07) is 16.8. The number of benzene rings is 2. The van der Waals surface area contributed by atoms with Crippen molar-refractivity contribution in [2.45, 2.75) is 6.10 Å². The smallest absolute Gasteiger partial charge is 0.157 e. The second-order valence-corrected chi connectivity index (χ2v) is 6.76. The molecule has 2 nitrogen and oxygen atoms in total. The van der Waals surface area contributed by atoms with Crippen molar-refractivity contribution in [1.82, 2.24) is 0 Å². The van der Waals surface area contributed by atoms with Crippen molar-refractivity contribution in [1.29, 1.82) is 0 Å². The molecular weight excluding hydrogens is 334 g/mol. The van der Waals surface area contributed by atoms with Crippen LogP contribution in [0.4, 0.5) is 5.69 Å². The second kappa shape index (κ2) is 4.79. The number of para-hydroxylation sites is 1. The fourth-order valence-corrected chi connectivity index (χ4v) is 4.03. The summed E-state index contributed by atoms with van der Waals surface area (Å²) in [5.41, 5.74) is 1.05. The van der Waals surface area contributed by atoms with E-state index < -0.39 is 0 Å². The SMILES string of the molecule is Brc1cccc2c1OC(c1cc3ccccc3s1)CN2. The first-order valence-electron chi connectivity index (χ1n) is 6.49. The van der Waals surface area contributed by atoms with Gasteiger partial charge in [0.1, 0.15) is 0 Å². The Morgan fingerprint density at radius 2 is 2.05 bits per heavy atom. The maximum Gasteiger partial charge on any atom is 0.157 e. The quantitative estimate of drug-likeness (QED) is 0.653. The molecule has 4 rings (SSSR count). The first-order valence-corrected chi connectivity index (χ1v) is 8.10. The third kappa shape index (κ3) is 2.00. The zero-order valence-corrected chi connectivity index (χ0v) is 13.0. The van der Waals surface area contributed by atoms with Gasteiger partial charge in [-0.2, -0.15) is 0 Å². The highest BCUT2D eigenvalue weighted by atomic mass is 79.9. The molecule has 2 aromatic carbocycles. The zero-order valence-electron chi connectivity index (χ0n) is 10.6. The number of anilines is 1. The molecule has 0 saturated heterocycles. The molecule has 3 aromatic rings. The minimum Gasteiger partial charge on any atom is -0.480 e. The monoisotopic (exact) mass is 345 g/mol. The molecule has 1 unspecified atom stereocenters. The van der Waals surface area contributed by atoms with Gasteiger partial charge in [-0.15, -0.1) is 11.3 Å². The van der Waals surface area contributed by atoms with E-state index in [4.69, 9.17) is 4.74 Å². The molecule has 1 atom stereocenters. The number of thiophene rings is 1. The van der Waals surface area contributed by atoms with Gasteiger partial charge in [0, 0.05) is 9.58 Å². The Hall–Kier alpha value is -1.52. The Morgan fingerprint density at radius 3 is 2.95 bits per heavy atom. The Morgan fingerprint density at radius 1 is 1.15 bits per heavy atom. The number of rotatable bonds is 1. The van der Waals surface area contributed by atoms with Crippen LogP contribution >= 0.6 is 27.3 Å². The first kappa shape index (κ1) is 12.2. The second-order valence-electron chi connectivity index (χ2n) is 4.79. The van der Waals surface area contributed by atoms with Crippen LogP contribution in [0, 0.1) is 0 Å². The Bertz CT molecular complexity index is 750. The average molecular weight is 346 g/mol. The third-order valence-corrected chi connectivity index (χ3v) is 5.30. The molecule has 2 heterocycles. The zero-order chi connectivity index (χ0) is 13.5. The fraction of sp³-hybridized carbons (Fsp3) is 0.125. The van der Waals surface area contributed by atoms with Gasteiger partial charge >= 0.3 is 0 Å². The fourth-order valence-electron chi connectivity index (χ4n) is 2.47. The van der Waals surface area contributed by atoms with Gasteiger partial charge in [-0.3, -0.25) is 0 Å². The summed E-state index contributed by atoms with van der Waals surface area (Å²) in [6.45, 7) is 0.802. The Labute approximate surface area is 129 Å². The van der Waals surface area contributed by atoms with Crippen LogP contribution < -0.4 is 10.1 Å². The molecule has 0 saturated carbocycles. The van der Waals surface area contributed by atoms with Crippen molar-refractivity contribution in [2.75, 3.05) is 11.9 Å². The summed E-state index contributed by atoms with van der Waals surface area (Å²) in [6.07, 6.45) is 0.0681. The number of nitrogens with one attached hydrogen (secondary N) is 1. The van der Waals surface area contributed by atoms with Crippen molar-refractivity contribution in [3.63, 3.8) is 0 Å². The molecular formula is C16H12BrNOS.